The fraction of sp³-hybridized carbons (Fsp3) is 0.450. The van der Waals surface area contributed by atoms with E-state index < -0.39 is 5.97 Å². The van der Waals surface area contributed by atoms with Crippen LogP contribution in [0.15, 0.2) is 24.3 Å². The molecular weight excluding hydrogens is 350 g/mol. The number of hydrogen-bond donors (Lipinski definition) is 0. The summed E-state index contributed by atoms with van der Waals surface area (Å²) in [6.45, 7) is 2.88. The molecule has 7 nitrogen and oxygen atoms in total. The van der Waals surface area contributed by atoms with Gasteiger partial charge in [-0.25, -0.2) is 4.79 Å². The Morgan fingerprint density at radius 1 is 1.22 bits per heavy atom. The summed E-state index contributed by atoms with van der Waals surface area (Å²) in [5.74, 6) is -0.457. The number of carbonyl (C=O) groups excluding carboxylic acids is 3. The summed E-state index contributed by atoms with van der Waals surface area (Å²) in [5.41, 5.74) is 0.703. The van der Waals surface area contributed by atoms with Gasteiger partial charge in [-0.2, -0.15) is 0 Å². The van der Waals surface area contributed by atoms with Crippen molar-refractivity contribution >= 4 is 23.9 Å². The van der Waals surface area contributed by atoms with E-state index in [1.165, 1.54) is 20.3 Å². The van der Waals surface area contributed by atoms with Gasteiger partial charge in [0.2, 0.25) is 5.91 Å². The van der Waals surface area contributed by atoms with E-state index in [2.05, 4.69) is 4.74 Å². The molecule has 0 bridgehead atoms. The van der Waals surface area contributed by atoms with Crippen LogP contribution in [0.5, 0.6) is 11.5 Å². The van der Waals surface area contributed by atoms with Gasteiger partial charge < -0.3 is 19.1 Å². The molecule has 1 amide bonds. The number of benzene rings is 1. The van der Waals surface area contributed by atoms with E-state index in [-0.39, 0.29) is 17.8 Å². The van der Waals surface area contributed by atoms with Crippen LogP contribution >= 0.6 is 0 Å². The first-order chi connectivity index (χ1) is 13.0. The van der Waals surface area contributed by atoms with Gasteiger partial charge in [-0.3, -0.25) is 9.59 Å². The summed E-state index contributed by atoms with van der Waals surface area (Å²) < 4.78 is 15.4. The van der Waals surface area contributed by atoms with E-state index in [0.717, 1.165) is 6.42 Å². The predicted molar refractivity (Wildman–Crippen MR) is 99.3 cm³/mol. The molecule has 1 aromatic carbocycles. The number of hydrogen-bond acceptors (Lipinski definition) is 6. The predicted octanol–water partition coefficient (Wildman–Crippen LogP) is 2.44. The van der Waals surface area contributed by atoms with E-state index in [0.29, 0.717) is 43.0 Å². The summed E-state index contributed by atoms with van der Waals surface area (Å²) in [6.07, 6.45) is 4.77. The van der Waals surface area contributed by atoms with Crippen LogP contribution in [0.25, 0.3) is 6.08 Å². The van der Waals surface area contributed by atoms with Crippen molar-refractivity contribution in [3.63, 3.8) is 0 Å². The lowest BCUT2D eigenvalue weighted by Crippen LogP contribution is -2.43. The number of likely N-dealkylation sites (tertiary alicyclic amines) is 1. The molecule has 1 saturated heterocycles. The van der Waals surface area contributed by atoms with Crippen molar-refractivity contribution in [2.75, 3.05) is 27.3 Å². The zero-order chi connectivity index (χ0) is 19.8. The van der Waals surface area contributed by atoms with Gasteiger partial charge in [-0.05, 0) is 36.6 Å². The Kier molecular flexibility index (Phi) is 7.40. The summed E-state index contributed by atoms with van der Waals surface area (Å²) >= 11 is 0. The average Bonchev–Trinajstić information content (AvgIpc) is 2.71. The van der Waals surface area contributed by atoms with Crippen LogP contribution in [0.1, 0.15) is 31.7 Å². The standard InChI is InChI=1S/C20H25NO6/c1-4-18(22)21-11-5-6-15(13-21)20(24)27-16-9-7-14(12-17(16)25-2)8-10-19(23)26-3/h7-10,12,15H,4-6,11,13H2,1-3H3/b10-8+. The third-order valence-electron chi connectivity index (χ3n) is 4.42. The highest BCUT2D eigenvalue weighted by Crippen LogP contribution is 2.30. The Morgan fingerprint density at radius 2 is 2.00 bits per heavy atom. The van der Waals surface area contributed by atoms with Gasteiger partial charge in [0.1, 0.15) is 0 Å². The molecule has 1 heterocycles. The molecule has 0 saturated carbocycles. The van der Waals surface area contributed by atoms with E-state index in [4.69, 9.17) is 9.47 Å². The van der Waals surface area contributed by atoms with Crippen LogP contribution in [0.3, 0.4) is 0 Å². The number of carbonyl (C=O) groups is 3. The highest BCUT2D eigenvalue weighted by atomic mass is 16.6. The third-order valence-corrected chi connectivity index (χ3v) is 4.42. The summed E-state index contributed by atoms with van der Waals surface area (Å²) in [6, 6.07) is 4.99. The number of piperidine rings is 1. The Morgan fingerprint density at radius 3 is 2.67 bits per heavy atom. The van der Waals surface area contributed by atoms with Crippen LogP contribution in [-0.4, -0.2) is 50.1 Å². The van der Waals surface area contributed by atoms with E-state index in [9.17, 15) is 14.4 Å². The first-order valence-corrected chi connectivity index (χ1v) is 8.92. The molecule has 1 atom stereocenters. The first kappa shape index (κ1) is 20.5. The van der Waals surface area contributed by atoms with Crippen molar-refractivity contribution in [1.82, 2.24) is 4.90 Å². The topological polar surface area (TPSA) is 82.1 Å². The van der Waals surface area contributed by atoms with Gasteiger partial charge in [-0.1, -0.05) is 13.0 Å². The van der Waals surface area contributed by atoms with Crippen LogP contribution in [-0.2, 0) is 19.1 Å². The minimum Gasteiger partial charge on any atom is -0.493 e. The molecule has 1 aliphatic heterocycles. The highest BCUT2D eigenvalue weighted by molar-refractivity contribution is 5.87. The smallest absolute Gasteiger partial charge is 0.330 e. The third kappa shape index (κ3) is 5.57. The minimum atomic E-state index is -0.465. The molecule has 0 spiro atoms. The number of amides is 1. The lowest BCUT2D eigenvalue weighted by atomic mass is 9.98. The van der Waals surface area contributed by atoms with Crippen molar-refractivity contribution in [3.05, 3.63) is 29.8 Å². The lowest BCUT2D eigenvalue weighted by molar-refractivity contribution is -0.143. The van der Waals surface area contributed by atoms with E-state index in [1.807, 2.05) is 6.92 Å². The molecule has 2 rings (SSSR count). The molecule has 27 heavy (non-hydrogen) atoms. The molecule has 7 heteroatoms. The zero-order valence-electron chi connectivity index (χ0n) is 15.9. The number of esters is 2. The molecule has 1 aromatic rings. The van der Waals surface area contributed by atoms with Crippen molar-refractivity contribution in [3.8, 4) is 11.5 Å². The van der Waals surface area contributed by atoms with E-state index >= 15 is 0 Å². The largest absolute Gasteiger partial charge is 0.493 e. The molecule has 0 aliphatic carbocycles. The number of rotatable bonds is 6. The van der Waals surface area contributed by atoms with Gasteiger partial charge in [0.05, 0.1) is 20.1 Å². The summed E-state index contributed by atoms with van der Waals surface area (Å²) in [7, 11) is 2.78. The zero-order valence-corrected chi connectivity index (χ0v) is 15.9. The molecule has 0 aromatic heterocycles. The SMILES string of the molecule is CCC(=O)N1CCCC(C(=O)Oc2ccc(/C=C/C(=O)OC)cc2OC)C1. The maximum atomic E-state index is 12.5. The fourth-order valence-corrected chi connectivity index (χ4v) is 2.92. The van der Waals surface area contributed by atoms with Gasteiger partial charge in [0.25, 0.3) is 0 Å². The summed E-state index contributed by atoms with van der Waals surface area (Å²) in [5, 5.41) is 0. The van der Waals surface area contributed by atoms with Crippen LogP contribution < -0.4 is 9.47 Å². The van der Waals surface area contributed by atoms with Gasteiger partial charge >= 0.3 is 11.9 Å². The second-order valence-electron chi connectivity index (χ2n) is 6.22. The highest BCUT2D eigenvalue weighted by Gasteiger charge is 2.29. The Hall–Kier alpha value is -2.83. The van der Waals surface area contributed by atoms with Crippen molar-refractivity contribution < 1.29 is 28.6 Å². The maximum Gasteiger partial charge on any atom is 0.330 e. The molecule has 146 valence electrons. The van der Waals surface area contributed by atoms with Crippen molar-refractivity contribution in [2.45, 2.75) is 26.2 Å². The van der Waals surface area contributed by atoms with Crippen molar-refractivity contribution in [2.24, 2.45) is 5.92 Å². The second-order valence-corrected chi connectivity index (χ2v) is 6.22. The quantitative estimate of drug-likeness (QED) is 0.431. The fourth-order valence-electron chi connectivity index (χ4n) is 2.92. The first-order valence-electron chi connectivity index (χ1n) is 8.92. The Labute approximate surface area is 158 Å². The van der Waals surface area contributed by atoms with Crippen molar-refractivity contribution in [1.29, 1.82) is 0 Å². The molecule has 1 unspecified atom stereocenters. The number of methoxy groups -OCH3 is 2. The average molecular weight is 375 g/mol. The van der Waals surface area contributed by atoms with Crippen LogP contribution in [0, 0.1) is 5.92 Å². The normalized spacial score (nSPS) is 16.9. The second kappa shape index (κ2) is 9.75. The Balaban J connectivity index is 2.07. The molecule has 1 fully saturated rings. The molecule has 0 N–H and O–H groups in total. The lowest BCUT2D eigenvalue weighted by Gasteiger charge is -2.31. The van der Waals surface area contributed by atoms with Crippen LogP contribution in [0.2, 0.25) is 0 Å². The molecular formula is C20H25NO6. The van der Waals surface area contributed by atoms with Gasteiger partial charge in [0.15, 0.2) is 11.5 Å². The number of nitrogens with zero attached hydrogens (tertiary/aromatic N) is 1. The van der Waals surface area contributed by atoms with Gasteiger partial charge in [-0.15, -0.1) is 0 Å². The molecule has 1 aliphatic rings. The molecule has 0 radical (unpaired) electrons. The van der Waals surface area contributed by atoms with Crippen LogP contribution in [0.4, 0.5) is 0 Å². The summed E-state index contributed by atoms with van der Waals surface area (Å²) in [4.78, 5) is 37.3. The maximum absolute atomic E-state index is 12.5. The van der Waals surface area contributed by atoms with Gasteiger partial charge in [0, 0.05) is 25.6 Å². The van der Waals surface area contributed by atoms with E-state index in [1.54, 1.807) is 29.2 Å². The Bertz CT molecular complexity index is 727. The minimum absolute atomic E-state index is 0.0480. The monoisotopic (exact) mass is 375 g/mol. The number of ether oxygens (including phenoxy) is 3.